The Labute approximate surface area is 502 Å². The summed E-state index contributed by atoms with van der Waals surface area (Å²) in [5.41, 5.74) is 5.01. The van der Waals surface area contributed by atoms with E-state index in [-0.39, 0.29) is 29.7 Å². The second-order valence-corrected chi connectivity index (χ2v) is 21.6. The van der Waals surface area contributed by atoms with E-state index < -0.39 is 22.8 Å². The third kappa shape index (κ3) is 27.1. The van der Waals surface area contributed by atoms with Gasteiger partial charge in [0.1, 0.15) is 23.8 Å². The minimum Gasteiger partial charge on any atom is -0.481 e. The fourth-order valence-corrected chi connectivity index (χ4v) is 7.71. The van der Waals surface area contributed by atoms with Crippen LogP contribution in [0.5, 0.6) is 0 Å². The largest absolute Gasteiger partial charge is 0.481 e. The van der Waals surface area contributed by atoms with E-state index in [0.717, 1.165) is 88.2 Å². The van der Waals surface area contributed by atoms with Gasteiger partial charge in [-0.05, 0) is 91.3 Å². The number of aliphatic carboxylic acids is 1. The number of Topliss-reactive ketones (excluding diaryl/α,β-unsaturated/α-hetero) is 1. The molecule has 0 saturated carbocycles. The highest BCUT2D eigenvalue weighted by Gasteiger charge is 2.42. The van der Waals surface area contributed by atoms with Gasteiger partial charge < -0.3 is 40.1 Å². The van der Waals surface area contributed by atoms with Gasteiger partial charge in [-0.15, -0.1) is 30.6 Å². The molecular formula is C57H69Cl3F3N15O6. The van der Waals surface area contributed by atoms with Crippen LogP contribution in [0.4, 0.5) is 29.6 Å². The van der Waals surface area contributed by atoms with Crippen molar-refractivity contribution in [3.63, 3.8) is 0 Å². The number of carboxylic acid groups (broad SMARTS) is 1. The number of aromatic nitrogens is 6. The van der Waals surface area contributed by atoms with Crippen LogP contribution in [0.1, 0.15) is 99.6 Å². The fourth-order valence-electron chi connectivity index (χ4n) is 7.36. The molecule has 21 nitrogen and oxygen atoms in total. The number of anilines is 2. The molecule has 3 aromatic heterocycles. The average Bonchev–Trinajstić information content (AvgIpc) is 3.66. The summed E-state index contributed by atoms with van der Waals surface area (Å²) in [6, 6.07) is 31.8. The van der Waals surface area contributed by atoms with Crippen molar-refractivity contribution in [3.8, 4) is 18.2 Å². The highest BCUT2D eigenvalue weighted by Crippen LogP contribution is 2.22. The molecule has 6 heterocycles. The van der Waals surface area contributed by atoms with Crippen molar-refractivity contribution in [1.82, 2.24) is 51.0 Å². The fraction of sp³-hybridized carbons (Fsp3) is 0.456. The molecule has 3 aliphatic rings. The molecule has 450 valence electrons. The van der Waals surface area contributed by atoms with Crippen LogP contribution in [0, 0.1) is 34.0 Å². The van der Waals surface area contributed by atoms with Gasteiger partial charge in [-0.3, -0.25) is 14.4 Å². The summed E-state index contributed by atoms with van der Waals surface area (Å²) in [6.07, 6.45) is -4.57. The van der Waals surface area contributed by atoms with Crippen molar-refractivity contribution in [2.75, 3.05) is 88.3 Å². The lowest BCUT2D eigenvalue weighted by molar-refractivity contribution is -0.169. The number of ketones is 1. The summed E-state index contributed by atoms with van der Waals surface area (Å²) in [5.74, 6) is -0.154. The number of benzene rings is 2. The maximum Gasteiger partial charge on any atom is 0.452 e. The van der Waals surface area contributed by atoms with Gasteiger partial charge in [0, 0.05) is 78.5 Å². The number of nitrogens with zero attached hydrogens (tertiary/aromatic N) is 13. The standard InChI is InChI=1S/C20H23N5O.C11H14O2.C9H11N5.C9H18N2O2.C5H2ClN3.C3HCl2F3O/c1-15(2)17-5-3-16(4-6-17)13-20(26)25-11-9-24(10-12-25)19-8-7-18(14-21)22-23-19;1-8(2)10-5-3-9(4-6-10)7-11(12)13;10-7-8-1-2-9(13-12-8)14-5-3-11-4-6-14;1-9(2,3)13-8(12)11-6-4-10-5-7-11;6-5-2-1-4(3-7)8-9-5;4-2(5)1(9)3(6,7)8/h3-8,15H,9-13H2,1-2H3;3-6,8H,7H2,1-2H3,(H,12,13);1-2,11H,3-6H2;10H,4-7H2,1-3H3;1-2H;2H. The van der Waals surface area contributed by atoms with E-state index in [4.69, 9.17) is 37.2 Å². The number of hydrogen-bond acceptors (Lipinski definition) is 18. The Morgan fingerprint density at radius 3 is 1.32 bits per heavy atom. The number of ether oxygens (including phenoxy) is 1. The van der Waals surface area contributed by atoms with Crippen LogP contribution in [0.25, 0.3) is 0 Å². The van der Waals surface area contributed by atoms with Crippen LogP contribution in [-0.2, 0) is 32.0 Å². The topological polar surface area (TPSA) is 283 Å². The van der Waals surface area contributed by atoms with Gasteiger partial charge in [-0.1, -0.05) is 111 Å². The van der Waals surface area contributed by atoms with E-state index in [1.54, 1.807) is 23.1 Å². The zero-order valence-corrected chi connectivity index (χ0v) is 50.1. The van der Waals surface area contributed by atoms with Gasteiger partial charge in [-0.25, -0.2) is 4.79 Å². The number of piperazine rings is 3. The van der Waals surface area contributed by atoms with E-state index in [1.807, 2.05) is 74.2 Å². The van der Waals surface area contributed by atoms with Gasteiger partial charge in [0.15, 0.2) is 38.7 Å². The van der Waals surface area contributed by atoms with Crippen molar-refractivity contribution in [2.45, 2.75) is 89.8 Å². The monoisotopic (exact) mass is 1220 g/mol. The lowest BCUT2D eigenvalue weighted by atomic mass is 10.0. The molecule has 2 amide bonds. The summed E-state index contributed by atoms with van der Waals surface area (Å²) in [4.78, 5) is 50.1. The maximum atomic E-state index is 12.6. The molecule has 0 aliphatic carbocycles. The van der Waals surface area contributed by atoms with Crippen LogP contribution >= 0.6 is 34.8 Å². The number of rotatable bonds is 9. The number of alkyl halides is 5. The summed E-state index contributed by atoms with van der Waals surface area (Å²) in [6.45, 7) is 24.0. The Bertz CT molecular complexity index is 2940. The maximum absolute atomic E-state index is 12.6. The number of halogens is 6. The number of nitrogens with one attached hydrogen (secondary N) is 2. The first-order chi connectivity index (χ1) is 39.7. The molecule has 0 atom stereocenters. The summed E-state index contributed by atoms with van der Waals surface area (Å²) >= 11 is 14.6. The first-order valence-electron chi connectivity index (χ1n) is 26.6. The molecule has 3 aliphatic heterocycles. The summed E-state index contributed by atoms with van der Waals surface area (Å²) in [7, 11) is 0. The number of carbonyl (C=O) groups is 4. The number of carbonyl (C=O) groups excluding carboxylic acids is 3. The molecule has 3 N–H and O–H groups in total. The van der Waals surface area contributed by atoms with E-state index in [9.17, 15) is 32.3 Å². The molecule has 0 bridgehead atoms. The predicted octanol–water partition coefficient (Wildman–Crippen LogP) is 8.31. The van der Waals surface area contributed by atoms with Gasteiger partial charge in [0.25, 0.3) is 5.78 Å². The van der Waals surface area contributed by atoms with E-state index in [0.29, 0.717) is 47.9 Å². The number of amides is 2. The third-order valence-corrected chi connectivity index (χ3v) is 12.5. The first-order valence-corrected chi connectivity index (χ1v) is 27.8. The lowest BCUT2D eigenvalue weighted by Crippen LogP contribution is -2.49. The second kappa shape index (κ2) is 36.0. The van der Waals surface area contributed by atoms with E-state index >= 15 is 0 Å². The number of hydrogen-bond donors (Lipinski definition) is 3. The quantitative estimate of drug-likeness (QED) is 0.117. The minimum atomic E-state index is -4.92. The summed E-state index contributed by atoms with van der Waals surface area (Å²) in [5, 5.41) is 63.5. The van der Waals surface area contributed by atoms with Gasteiger partial charge in [-0.2, -0.15) is 29.0 Å². The van der Waals surface area contributed by atoms with Crippen molar-refractivity contribution < 1.29 is 42.2 Å². The van der Waals surface area contributed by atoms with Gasteiger partial charge in [0.2, 0.25) is 5.91 Å². The van der Waals surface area contributed by atoms with Gasteiger partial charge in [0.05, 0.1) is 12.8 Å². The van der Waals surface area contributed by atoms with Crippen LogP contribution in [0.3, 0.4) is 0 Å². The molecule has 8 rings (SSSR count). The first kappa shape index (κ1) is 70.5. The Hall–Kier alpha value is -7.79. The number of nitriles is 3. The molecule has 0 radical (unpaired) electrons. The molecule has 3 saturated heterocycles. The Kier molecular flexibility index (Phi) is 30.2. The molecular weight excluding hydrogens is 1150 g/mol. The van der Waals surface area contributed by atoms with Gasteiger partial charge >= 0.3 is 18.2 Å². The smallest absolute Gasteiger partial charge is 0.452 e. The molecule has 27 heteroatoms. The average molecular weight is 1220 g/mol. The van der Waals surface area contributed by atoms with Crippen molar-refractivity contribution in [3.05, 3.63) is 129 Å². The molecule has 3 fully saturated rings. The molecule has 0 unspecified atom stereocenters. The van der Waals surface area contributed by atoms with Crippen LogP contribution < -0.4 is 20.4 Å². The minimum absolute atomic E-state index is 0.109. The summed E-state index contributed by atoms with van der Waals surface area (Å²) < 4.78 is 38.8. The normalized spacial score (nSPS) is 13.9. The highest BCUT2D eigenvalue weighted by molar-refractivity contribution is 6.54. The molecule has 5 aromatic rings. The Morgan fingerprint density at radius 2 is 0.988 bits per heavy atom. The van der Waals surface area contributed by atoms with Crippen molar-refractivity contribution in [2.24, 2.45) is 0 Å². The third-order valence-electron chi connectivity index (χ3n) is 11.9. The van der Waals surface area contributed by atoms with E-state index in [2.05, 4.69) is 126 Å². The Morgan fingerprint density at radius 1 is 0.583 bits per heavy atom. The second-order valence-electron chi connectivity index (χ2n) is 20.2. The van der Waals surface area contributed by atoms with Crippen LogP contribution in [0.2, 0.25) is 5.15 Å². The zero-order valence-electron chi connectivity index (χ0n) is 47.8. The molecule has 0 spiro atoms. The Balaban J connectivity index is 0.000000277. The highest BCUT2D eigenvalue weighted by atomic mass is 35.5. The predicted molar refractivity (Wildman–Crippen MR) is 312 cm³/mol. The van der Waals surface area contributed by atoms with Crippen LogP contribution in [-0.4, -0.2) is 164 Å². The SMILES string of the molecule is CC(C)(C)OC(=O)N1CCNCC1.CC(C)c1ccc(CC(=O)N2CCN(c3ccc(C#N)nn3)CC2)cc1.CC(C)c1ccc(CC(=O)O)cc1.N#Cc1ccc(Cl)nn1.N#Cc1ccc(N2CCNCC2)nn1.O=C(C(Cl)Cl)C(F)(F)F. The molecule has 2 aromatic carbocycles. The lowest BCUT2D eigenvalue weighted by Gasteiger charge is -2.35. The van der Waals surface area contributed by atoms with Crippen molar-refractivity contribution >= 4 is 70.2 Å². The number of carboxylic acids is 1. The zero-order chi connectivity index (χ0) is 62.4. The van der Waals surface area contributed by atoms with E-state index in [1.165, 1.54) is 23.3 Å². The van der Waals surface area contributed by atoms with Crippen molar-refractivity contribution in [1.29, 1.82) is 15.8 Å². The molecule has 84 heavy (non-hydrogen) atoms. The van der Waals surface area contributed by atoms with Crippen LogP contribution in [0.15, 0.2) is 84.9 Å².